The molecule has 1 aromatic heterocycles. The van der Waals surface area contributed by atoms with Gasteiger partial charge in [0.2, 0.25) is 5.95 Å². The van der Waals surface area contributed by atoms with E-state index in [0.29, 0.717) is 0 Å². The van der Waals surface area contributed by atoms with E-state index in [2.05, 4.69) is 67.5 Å². The summed E-state index contributed by atoms with van der Waals surface area (Å²) in [5.74, 6) is 0.783. The minimum Gasteiger partial charge on any atom is -0.345 e. The number of rotatable bonds is 3. The van der Waals surface area contributed by atoms with E-state index in [-0.39, 0.29) is 0 Å². The second-order valence-electron chi connectivity index (χ2n) is 6.36. The van der Waals surface area contributed by atoms with Gasteiger partial charge in [0.15, 0.2) is 5.11 Å². The molecule has 4 rings (SSSR count). The molecular weight excluding hydrogens is 354 g/mol. The molecule has 2 heterocycles. The number of nitrogens with one attached hydrogen (secondary N) is 1. The summed E-state index contributed by atoms with van der Waals surface area (Å²) in [6.45, 7) is 3.40. The van der Waals surface area contributed by atoms with Gasteiger partial charge in [-0.1, -0.05) is 48.5 Å². The average molecular weight is 376 g/mol. The Kier molecular flexibility index (Phi) is 5.25. The van der Waals surface area contributed by atoms with E-state index in [0.717, 1.165) is 48.5 Å². The number of aromatic nitrogens is 2. The summed E-state index contributed by atoms with van der Waals surface area (Å²) in [6, 6.07) is 20.5. The minimum atomic E-state index is 0.756. The van der Waals surface area contributed by atoms with Crippen LogP contribution in [0.5, 0.6) is 0 Å². The molecule has 0 amide bonds. The zero-order valence-electron chi connectivity index (χ0n) is 15.0. The molecule has 0 saturated carbocycles. The van der Waals surface area contributed by atoms with Crippen molar-refractivity contribution >= 4 is 29.0 Å². The molecule has 27 heavy (non-hydrogen) atoms. The molecule has 1 aliphatic heterocycles. The number of nitrogens with zero attached hydrogens (tertiary/aromatic N) is 4. The topological polar surface area (TPSA) is 44.3 Å². The van der Waals surface area contributed by atoms with Crippen molar-refractivity contribution in [1.82, 2.24) is 14.9 Å². The van der Waals surface area contributed by atoms with E-state index in [9.17, 15) is 0 Å². The minimum absolute atomic E-state index is 0.756. The SMILES string of the molecule is S=C(Nc1ccccc1-c1ccccc1)N1CCN(c2ncccn2)CC1. The average Bonchev–Trinajstić information content (AvgIpc) is 2.75. The van der Waals surface area contributed by atoms with Crippen molar-refractivity contribution in [3.63, 3.8) is 0 Å². The maximum atomic E-state index is 5.69. The Bertz CT molecular complexity index is 893. The molecule has 1 N–H and O–H groups in total. The Hall–Kier alpha value is -2.99. The van der Waals surface area contributed by atoms with Crippen LogP contribution in [-0.4, -0.2) is 46.2 Å². The van der Waals surface area contributed by atoms with Crippen molar-refractivity contribution in [2.45, 2.75) is 0 Å². The van der Waals surface area contributed by atoms with E-state index < -0.39 is 0 Å². The predicted molar refractivity (Wildman–Crippen MR) is 114 cm³/mol. The number of piperazine rings is 1. The molecule has 0 spiro atoms. The van der Waals surface area contributed by atoms with Crippen LogP contribution in [0.3, 0.4) is 0 Å². The van der Waals surface area contributed by atoms with Gasteiger partial charge in [0, 0.05) is 49.8 Å². The van der Waals surface area contributed by atoms with Gasteiger partial charge in [-0.15, -0.1) is 0 Å². The molecule has 1 saturated heterocycles. The van der Waals surface area contributed by atoms with E-state index in [1.54, 1.807) is 12.4 Å². The first-order valence-electron chi connectivity index (χ1n) is 9.03. The van der Waals surface area contributed by atoms with Crippen molar-refractivity contribution in [2.24, 2.45) is 0 Å². The Morgan fingerprint density at radius 1 is 0.815 bits per heavy atom. The molecule has 1 aliphatic rings. The monoisotopic (exact) mass is 375 g/mol. The van der Waals surface area contributed by atoms with Gasteiger partial charge in [-0.3, -0.25) is 0 Å². The first-order chi connectivity index (χ1) is 13.3. The van der Waals surface area contributed by atoms with Crippen LogP contribution >= 0.6 is 12.2 Å². The van der Waals surface area contributed by atoms with Crippen LogP contribution in [-0.2, 0) is 0 Å². The van der Waals surface area contributed by atoms with Crippen LogP contribution < -0.4 is 10.2 Å². The number of thiocarbonyl (C=S) groups is 1. The number of benzene rings is 2. The summed E-state index contributed by atoms with van der Waals surface area (Å²) >= 11 is 5.69. The molecule has 0 unspecified atom stereocenters. The van der Waals surface area contributed by atoms with Crippen LogP contribution in [0.15, 0.2) is 73.1 Å². The Morgan fingerprint density at radius 2 is 1.48 bits per heavy atom. The van der Waals surface area contributed by atoms with Crippen molar-refractivity contribution < 1.29 is 0 Å². The summed E-state index contributed by atoms with van der Waals surface area (Å²) in [5, 5.41) is 4.20. The Balaban J connectivity index is 1.42. The molecule has 3 aromatic rings. The van der Waals surface area contributed by atoms with E-state index >= 15 is 0 Å². The standard InChI is InChI=1S/C21H21N5S/c27-21(26-15-13-25(14-16-26)20-22-11-6-12-23-20)24-19-10-5-4-9-18(19)17-7-2-1-3-8-17/h1-12H,13-16H2,(H,24,27). The van der Waals surface area contributed by atoms with Crippen molar-refractivity contribution in [3.8, 4) is 11.1 Å². The summed E-state index contributed by atoms with van der Waals surface area (Å²) < 4.78 is 0. The van der Waals surface area contributed by atoms with Gasteiger partial charge >= 0.3 is 0 Å². The molecule has 0 bridgehead atoms. The zero-order valence-corrected chi connectivity index (χ0v) is 15.8. The smallest absolute Gasteiger partial charge is 0.225 e. The maximum absolute atomic E-state index is 5.69. The van der Waals surface area contributed by atoms with Gasteiger partial charge < -0.3 is 15.1 Å². The highest BCUT2D eigenvalue weighted by Gasteiger charge is 2.21. The Morgan fingerprint density at radius 3 is 2.22 bits per heavy atom. The lowest BCUT2D eigenvalue weighted by atomic mass is 10.0. The lowest BCUT2D eigenvalue weighted by molar-refractivity contribution is 0.388. The third kappa shape index (κ3) is 4.06. The highest BCUT2D eigenvalue weighted by molar-refractivity contribution is 7.80. The van der Waals surface area contributed by atoms with Gasteiger partial charge in [-0.25, -0.2) is 9.97 Å². The van der Waals surface area contributed by atoms with Crippen molar-refractivity contribution in [3.05, 3.63) is 73.1 Å². The van der Waals surface area contributed by atoms with Crippen molar-refractivity contribution in [2.75, 3.05) is 36.4 Å². The molecule has 5 nitrogen and oxygen atoms in total. The van der Waals surface area contributed by atoms with Gasteiger partial charge in [0.05, 0.1) is 0 Å². The highest BCUT2D eigenvalue weighted by Crippen LogP contribution is 2.27. The number of para-hydroxylation sites is 1. The fourth-order valence-electron chi connectivity index (χ4n) is 3.22. The number of anilines is 2. The van der Waals surface area contributed by atoms with Crippen LogP contribution in [0.25, 0.3) is 11.1 Å². The summed E-state index contributed by atoms with van der Waals surface area (Å²) in [6.07, 6.45) is 3.56. The molecular formula is C21H21N5S. The predicted octanol–water partition coefficient (Wildman–Crippen LogP) is 3.66. The van der Waals surface area contributed by atoms with Gasteiger partial charge in [0.25, 0.3) is 0 Å². The molecule has 1 fully saturated rings. The summed E-state index contributed by atoms with van der Waals surface area (Å²) in [5.41, 5.74) is 3.36. The van der Waals surface area contributed by atoms with Gasteiger partial charge in [-0.05, 0) is 29.9 Å². The molecule has 2 aromatic carbocycles. The van der Waals surface area contributed by atoms with E-state index in [4.69, 9.17) is 12.2 Å². The largest absolute Gasteiger partial charge is 0.345 e. The van der Waals surface area contributed by atoms with Crippen LogP contribution in [0.4, 0.5) is 11.6 Å². The quantitative estimate of drug-likeness (QED) is 0.705. The molecule has 0 radical (unpaired) electrons. The second kappa shape index (κ2) is 8.14. The zero-order chi connectivity index (χ0) is 18.5. The summed E-state index contributed by atoms with van der Waals surface area (Å²) in [7, 11) is 0. The van der Waals surface area contributed by atoms with Crippen LogP contribution in [0.1, 0.15) is 0 Å². The lowest BCUT2D eigenvalue weighted by Gasteiger charge is -2.36. The first-order valence-corrected chi connectivity index (χ1v) is 9.44. The number of hydrogen-bond acceptors (Lipinski definition) is 4. The van der Waals surface area contributed by atoms with Gasteiger partial charge in [-0.2, -0.15) is 0 Å². The van der Waals surface area contributed by atoms with Crippen molar-refractivity contribution in [1.29, 1.82) is 0 Å². The highest BCUT2D eigenvalue weighted by atomic mass is 32.1. The molecule has 6 heteroatoms. The lowest BCUT2D eigenvalue weighted by Crippen LogP contribution is -2.50. The fourth-order valence-corrected chi connectivity index (χ4v) is 3.51. The van der Waals surface area contributed by atoms with Gasteiger partial charge in [0.1, 0.15) is 0 Å². The molecule has 0 atom stereocenters. The Labute approximate surface area is 164 Å². The normalized spacial score (nSPS) is 14.1. The maximum Gasteiger partial charge on any atom is 0.225 e. The van der Waals surface area contributed by atoms with E-state index in [1.165, 1.54) is 5.56 Å². The first kappa shape index (κ1) is 17.4. The third-order valence-electron chi connectivity index (χ3n) is 4.66. The van der Waals surface area contributed by atoms with Crippen LogP contribution in [0, 0.1) is 0 Å². The second-order valence-corrected chi connectivity index (χ2v) is 6.75. The fraction of sp³-hybridized carbons (Fsp3) is 0.190. The number of hydrogen-bond donors (Lipinski definition) is 1. The molecule has 136 valence electrons. The van der Waals surface area contributed by atoms with Crippen LogP contribution in [0.2, 0.25) is 0 Å². The molecule has 0 aliphatic carbocycles. The summed E-state index contributed by atoms with van der Waals surface area (Å²) in [4.78, 5) is 13.1. The van der Waals surface area contributed by atoms with E-state index in [1.807, 2.05) is 18.2 Å². The third-order valence-corrected chi connectivity index (χ3v) is 5.02.